The third kappa shape index (κ3) is 4.65. The third-order valence-electron chi connectivity index (χ3n) is 5.68. The number of halogens is 2. The molecule has 4 rings (SSSR count). The molecule has 3 N–H and O–H groups in total. The summed E-state index contributed by atoms with van der Waals surface area (Å²) < 4.78 is 60.9. The maximum absolute atomic E-state index is 13.7. The van der Waals surface area contributed by atoms with Crippen LogP contribution in [0.4, 0.5) is 8.78 Å². The van der Waals surface area contributed by atoms with E-state index in [9.17, 15) is 22.0 Å². The summed E-state index contributed by atoms with van der Waals surface area (Å²) in [5.41, 5.74) is 5.64. The average molecular weight is 489 g/mol. The lowest BCUT2D eigenvalue weighted by atomic mass is 9.87. The minimum absolute atomic E-state index is 0.00271. The van der Waals surface area contributed by atoms with E-state index in [1.807, 2.05) is 0 Å². The zero-order chi connectivity index (χ0) is 24.5. The van der Waals surface area contributed by atoms with Crippen LogP contribution < -0.4 is 10.5 Å². The first kappa shape index (κ1) is 23.8. The minimum atomic E-state index is -3.94. The second kappa shape index (κ2) is 9.13. The van der Waals surface area contributed by atoms with Crippen LogP contribution in [0, 0.1) is 11.6 Å². The van der Waals surface area contributed by atoms with E-state index in [1.165, 1.54) is 28.6 Å². The molecule has 0 bridgehead atoms. The molecule has 0 radical (unpaired) electrons. The van der Waals surface area contributed by atoms with Gasteiger partial charge in [0.25, 0.3) is 0 Å². The molecule has 3 aromatic rings. The molecule has 178 valence electrons. The van der Waals surface area contributed by atoms with Gasteiger partial charge in [0.15, 0.2) is 17.2 Å². The van der Waals surface area contributed by atoms with Gasteiger partial charge in [0.1, 0.15) is 11.8 Å². The molecule has 34 heavy (non-hydrogen) atoms. The first-order valence-corrected chi connectivity index (χ1v) is 11.8. The van der Waals surface area contributed by atoms with E-state index in [1.54, 1.807) is 36.4 Å². The molecule has 3 aromatic carbocycles. The topological polar surface area (TPSA) is 110 Å². The van der Waals surface area contributed by atoms with Crippen molar-refractivity contribution < 1.29 is 31.8 Å². The Bertz CT molecular complexity index is 1310. The zero-order valence-corrected chi connectivity index (χ0v) is 18.7. The van der Waals surface area contributed by atoms with Gasteiger partial charge < -0.3 is 15.6 Å². The number of carbonyl (C=O) groups is 1. The maximum atomic E-state index is 13.7. The zero-order valence-electron chi connectivity index (χ0n) is 17.9. The van der Waals surface area contributed by atoms with E-state index in [-0.39, 0.29) is 30.2 Å². The Hall–Kier alpha value is -3.34. The van der Waals surface area contributed by atoms with Crippen molar-refractivity contribution in [2.24, 2.45) is 5.73 Å². The van der Waals surface area contributed by atoms with E-state index in [0.717, 1.165) is 12.1 Å². The standard InChI is InChI=1S/C24H22F2N2O5S/c25-20-10-9-18(13-21(20)26)33-24(17-6-2-1-3-7-17)14-28(15-24)34(31,32)19-8-4-5-16(11-19)12-22(27)23(29)30/h1-11,13,22H,12,14-15,27H2,(H,29,30)/t22-/m0/s1. The molecule has 1 saturated heterocycles. The molecule has 1 heterocycles. The van der Waals surface area contributed by atoms with E-state index >= 15 is 0 Å². The highest BCUT2D eigenvalue weighted by atomic mass is 32.2. The summed E-state index contributed by atoms with van der Waals surface area (Å²) in [6.45, 7) is -0.117. The van der Waals surface area contributed by atoms with Gasteiger partial charge in [-0.15, -0.1) is 0 Å². The van der Waals surface area contributed by atoms with Crippen LogP contribution in [-0.2, 0) is 26.8 Å². The van der Waals surface area contributed by atoms with Gasteiger partial charge in [0.2, 0.25) is 10.0 Å². The highest BCUT2D eigenvalue weighted by Gasteiger charge is 2.52. The number of carboxylic acid groups (broad SMARTS) is 1. The number of aliphatic carboxylic acids is 1. The van der Waals surface area contributed by atoms with Crippen LogP contribution in [0.25, 0.3) is 0 Å². The molecule has 0 aliphatic carbocycles. The first-order valence-electron chi connectivity index (χ1n) is 10.4. The van der Waals surface area contributed by atoms with Crippen molar-refractivity contribution in [2.45, 2.75) is 23.0 Å². The summed E-state index contributed by atoms with van der Waals surface area (Å²) in [6.07, 6.45) is -0.0219. The molecular weight excluding hydrogens is 466 g/mol. The minimum Gasteiger partial charge on any atom is -0.480 e. The second-order valence-electron chi connectivity index (χ2n) is 8.11. The molecule has 1 fully saturated rings. The number of nitrogens with zero attached hydrogens (tertiary/aromatic N) is 1. The van der Waals surface area contributed by atoms with E-state index < -0.39 is 39.3 Å². The number of ether oxygens (including phenoxy) is 1. The van der Waals surface area contributed by atoms with Crippen molar-refractivity contribution in [3.8, 4) is 5.75 Å². The van der Waals surface area contributed by atoms with Gasteiger partial charge in [-0.05, 0) is 41.8 Å². The number of hydrogen-bond acceptors (Lipinski definition) is 5. The van der Waals surface area contributed by atoms with Crippen LogP contribution in [0.2, 0.25) is 0 Å². The summed E-state index contributed by atoms with van der Waals surface area (Å²) in [5, 5.41) is 9.02. The number of carboxylic acids is 1. The van der Waals surface area contributed by atoms with Gasteiger partial charge in [0.05, 0.1) is 18.0 Å². The summed E-state index contributed by atoms with van der Waals surface area (Å²) in [5.74, 6) is -3.19. The summed E-state index contributed by atoms with van der Waals surface area (Å²) in [7, 11) is -3.94. The fraction of sp³-hybridized carbons (Fsp3) is 0.208. The Morgan fingerprint density at radius 3 is 2.38 bits per heavy atom. The fourth-order valence-corrected chi connectivity index (χ4v) is 5.44. The molecule has 0 saturated carbocycles. The van der Waals surface area contributed by atoms with Gasteiger partial charge in [-0.25, -0.2) is 17.2 Å². The molecule has 10 heteroatoms. The molecule has 7 nitrogen and oxygen atoms in total. The molecule has 0 amide bonds. The lowest BCUT2D eigenvalue weighted by Gasteiger charge is -2.48. The monoisotopic (exact) mass is 488 g/mol. The largest absolute Gasteiger partial charge is 0.480 e. The van der Waals surface area contributed by atoms with Crippen molar-refractivity contribution in [3.05, 3.63) is 95.6 Å². The summed E-state index contributed by atoms with van der Waals surface area (Å²) >= 11 is 0. The van der Waals surface area contributed by atoms with Crippen LogP contribution in [0.5, 0.6) is 5.75 Å². The number of rotatable bonds is 8. The third-order valence-corrected chi connectivity index (χ3v) is 7.46. The number of nitrogens with two attached hydrogens (primary N) is 1. The van der Waals surface area contributed by atoms with Gasteiger partial charge in [-0.1, -0.05) is 42.5 Å². The predicted molar refractivity (Wildman–Crippen MR) is 120 cm³/mol. The Labute approximate surface area is 195 Å². The lowest BCUT2D eigenvalue weighted by Crippen LogP contribution is -2.64. The average Bonchev–Trinajstić information content (AvgIpc) is 2.79. The molecule has 1 aliphatic heterocycles. The Kier molecular flexibility index (Phi) is 6.39. The van der Waals surface area contributed by atoms with Gasteiger partial charge in [-0.3, -0.25) is 4.79 Å². The van der Waals surface area contributed by atoms with Gasteiger partial charge in [0, 0.05) is 6.07 Å². The molecular formula is C24H22F2N2O5S. The van der Waals surface area contributed by atoms with Crippen molar-refractivity contribution in [2.75, 3.05) is 13.1 Å². The van der Waals surface area contributed by atoms with E-state index in [4.69, 9.17) is 15.6 Å². The van der Waals surface area contributed by atoms with Crippen LogP contribution in [-0.4, -0.2) is 42.9 Å². The molecule has 1 atom stereocenters. The first-order chi connectivity index (χ1) is 16.1. The van der Waals surface area contributed by atoms with Gasteiger partial charge in [-0.2, -0.15) is 4.31 Å². The summed E-state index contributed by atoms with van der Waals surface area (Å²) in [4.78, 5) is 11.0. The maximum Gasteiger partial charge on any atom is 0.320 e. The van der Waals surface area contributed by atoms with Crippen LogP contribution >= 0.6 is 0 Å². The normalized spacial score (nSPS) is 16.4. The molecule has 0 spiro atoms. The second-order valence-corrected chi connectivity index (χ2v) is 10.0. The van der Waals surface area contributed by atoms with E-state index in [2.05, 4.69) is 0 Å². The fourth-order valence-electron chi connectivity index (χ4n) is 3.83. The molecule has 0 aromatic heterocycles. The van der Waals surface area contributed by atoms with Crippen molar-refractivity contribution in [3.63, 3.8) is 0 Å². The van der Waals surface area contributed by atoms with Crippen molar-refractivity contribution >= 4 is 16.0 Å². The lowest BCUT2D eigenvalue weighted by molar-refractivity contribution is -0.138. The predicted octanol–water partition coefficient (Wildman–Crippen LogP) is 2.90. The van der Waals surface area contributed by atoms with Crippen LogP contribution in [0.3, 0.4) is 0 Å². The number of benzene rings is 3. The van der Waals surface area contributed by atoms with Crippen molar-refractivity contribution in [1.29, 1.82) is 0 Å². The van der Waals surface area contributed by atoms with Gasteiger partial charge >= 0.3 is 5.97 Å². The quantitative estimate of drug-likeness (QED) is 0.505. The Morgan fingerprint density at radius 1 is 1.03 bits per heavy atom. The Balaban J connectivity index is 1.60. The van der Waals surface area contributed by atoms with Crippen LogP contribution in [0.1, 0.15) is 11.1 Å². The van der Waals surface area contributed by atoms with E-state index in [0.29, 0.717) is 11.1 Å². The highest BCUT2D eigenvalue weighted by Crippen LogP contribution is 2.40. The Morgan fingerprint density at radius 2 is 1.74 bits per heavy atom. The summed E-state index contributed by atoms with van der Waals surface area (Å²) in [6, 6.07) is 16.9. The van der Waals surface area contributed by atoms with Crippen LogP contribution in [0.15, 0.2) is 77.7 Å². The SMILES string of the molecule is N[C@@H](Cc1cccc(S(=O)(=O)N2CC(Oc3ccc(F)c(F)c3)(c3ccccc3)C2)c1)C(=O)O. The smallest absolute Gasteiger partial charge is 0.320 e. The number of hydrogen-bond donors (Lipinski definition) is 2. The number of sulfonamides is 1. The molecule has 0 unspecified atom stereocenters. The van der Waals surface area contributed by atoms with Crippen molar-refractivity contribution in [1.82, 2.24) is 4.31 Å². The highest BCUT2D eigenvalue weighted by molar-refractivity contribution is 7.89. The molecule has 1 aliphatic rings.